The Bertz CT molecular complexity index is 717. The minimum atomic E-state index is -4.11. The van der Waals surface area contributed by atoms with Crippen molar-refractivity contribution in [1.82, 2.24) is 4.31 Å². The molecule has 5 nitrogen and oxygen atoms in total. The van der Waals surface area contributed by atoms with Gasteiger partial charge in [-0.05, 0) is 24.1 Å². The van der Waals surface area contributed by atoms with Crippen LogP contribution in [0.2, 0.25) is 0 Å². The van der Waals surface area contributed by atoms with E-state index in [2.05, 4.69) is 0 Å². The predicted molar refractivity (Wildman–Crippen MR) is 78.7 cm³/mol. The van der Waals surface area contributed by atoms with E-state index in [-0.39, 0.29) is 19.0 Å². The first kappa shape index (κ1) is 18.3. The van der Waals surface area contributed by atoms with Crippen LogP contribution in [0.4, 0.5) is 4.39 Å². The molecule has 0 amide bonds. The lowest BCUT2D eigenvalue weighted by atomic mass is 10.2. The summed E-state index contributed by atoms with van der Waals surface area (Å²) in [4.78, 5) is -1.04. The van der Waals surface area contributed by atoms with Crippen LogP contribution in [0, 0.1) is 11.7 Å². The van der Waals surface area contributed by atoms with Crippen molar-refractivity contribution in [2.24, 2.45) is 5.92 Å². The summed E-state index contributed by atoms with van der Waals surface area (Å²) in [6.07, 6.45) is 0. The first-order chi connectivity index (χ1) is 9.50. The van der Waals surface area contributed by atoms with E-state index in [1.807, 2.05) is 13.8 Å². The Morgan fingerprint density at radius 3 is 2.19 bits per heavy atom. The van der Waals surface area contributed by atoms with Gasteiger partial charge in [0, 0.05) is 23.8 Å². The Morgan fingerprint density at radius 2 is 1.81 bits per heavy atom. The molecule has 1 aromatic rings. The van der Waals surface area contributed by atoms with Crippen molar-refractivity contribution >= 4 is 29.8 Å². The molecule has 0 atom stereocenters. The van der Waals surface area contributed by atoms with Gasteiger partial charge in [-0.15, -0.1) is 0 Å². The highest BCUT2D eigenvalue weighted by Crippen LogP contribution is 2.24. The third-order valence-corrected chi connectivity index (χ3v) is 6.05. The second kappa shape index (κ2) is 6.60. The zero-order valence-corrected chi connectivity index (χ0v) is 14.3. The van der Waals surface area contributed by atoms with Gasteiger partial charge in [0.15, 0.2) is 0 Å². The molecule has 1 rings (SSSR count). The Kier molecular flexibility index (Phi) is 5.76. The Balaban J connectivity index is 3.32. The van der Waals surface area contributed by atoms with E-state index in [0.717, 1.165) is 16.4 Å². The third-order valence-electron chi connectivity index (χ3n) is 2.72. The molecule has 0 heterocycles. The number of nitrogens with zero attached hydrogens (tertiary/aromatic N) is 1. The summed E-state index contributed by atoms with van der Waals surface area (Å²) < 4.78 is 62.1. The largest absolute Gasteiger partial charge is 0.261 e. The van der Waals surface area contributed by atoms with Gasteiger partial charge in [-0.1, -0.05) is 20.8 Å². The van der Waals surface area contributed by atoms with Crippen molar-refractivity contribution in [2.75, 3.05) is 13.1 Å². The Labute approximate surface area is 129 Å². The van der Waals surface area contributed by atoms with Gasteiger partial charge in [0.2, 0.25) is 10.0 Å². The molecule has 0 bridgehead atoms. The highest BCUT2D eigenvalue weighted by Gasteiger charge is 2.27. The van der Waals surface area contributed by atoms with Crippen LogP contribution in [0.15, 0.2) is 28.0 Å². The maximum absolute atomic E-state index is 14.0. The molecule has 0 aromatic heterocycles. The maximum Gasteiger partial charge on any atom is 0.261 e. The highest BCUT2D eigenvalue weighted by atomic mass is 35.7. The van der Waals surface area contributed by atoms with Crippen LogP contribution in [0.1, 0.15) is 20.8 Å². The first-order valence-electron chi connectivity index (χ1n) is 6.24. The minimum Gasteiger partial charge on any atom is -0.207 e. The average molecular weight is 358 g/mol. The number of hydrogen-bond donors (Lipinski definition) is 0. The van der Waals surface area contributed by atoms with E-state index in [0.29, 0.717) is 6.07 Å². The molecular formula is C12H17ClFNO4S2. The number of sulfonamides is 1. The zero-order valence-electron chi connectivity index (χ0n) is 11.9. The predicted octanol–water partition coefficient (Wildman–Crippen LogP) is 2.42. The smallest absolute Gasteiger partial charge is 0.207 e. The number of rotatable bonds is 6. The molecular weight excluding hydrogens is 341 g/mol. The summed E-state index contributed by atoms with van der Waals surface area (Å²) in [6.45, 7) is 5.77. The van der Waals surface area contributed by atoms with E-state index >= 15 is 0 Å². The summed E-state index contributed by atoms with van der Waals surface area (Å²) >= 11 is 0. The van der Waals surface area contributed by atoms with Crippen molar-refractivity contribution < 1.29 is 21.2 Å². The molecule has 0 aliphatic rings. The van der Waals surface area contributed by atoms with Gasteiger partial charge in [0.25, 0.3) is 9.05 Å². The summed E-state index contributed by atoms with van der Waals surface area (Å²) in [6, 6.07) is 2.50. The third kappa shape index (κ3) is 4.38. The summed E-state index contributed by atoms with van der Waals surface area (Å²) in [7, 11) is -3.03. The molecule has 21 heavy (non-hydrogen) atoms. The molecule has 0 fully saturated rings. The maximum atomic E-state index is 14.0. The van der Waals surface area contributed by atoms with Gasteiger partial charge in [-0.2, -0.15) is 4.31 Å². The Morgan fingerprint density at radius 1 is 1.24 bits per heavy atom. The number of halogens is 2. The van der Waals surface area contributed by atoms with Crippen LogP contribution in [-0.2, 0) is 19.1 Å². The van der Waals surface area contributed by atoms with Crippen molar-refractivity contribution in [1.29, 1.82) is 0 Å². The van der Waals surface area contributed by atoms with Crippen LogP contribution in [0.25, 0.3) is 0 Å². The van der Waals surface area contributed by atoms with Gasteiger partial charge in [-0.25, -0.2) is 21.2 Å². The SMILES string of the molecule is CCN(CC(C)C)S(=O)(=O)c1ccc(S(=O)(=O)Cl)cc1F. The number of benzene rings is 1. The van der Waals surface area contributed by atoms with Crippen LogP contribution >= 0.6 is 10.7 Å². The minimum absolute atomic E-state index is 0.0743. The monoisotopic (exact) mass is 357 g/mol. The van der Waals surface area contributed by atoms with Crippen LogP contribution in [0.3, 0.4) is 0 Å². The van der Waals surface area contributed by atoms with Crippen LogP contribution < -0.4 is 0 Å². The van der Waals surface area contributed by atoms with Crippen LogP contribution in [-0.4, -0.2) is 34.2 Å². The number of hydrogen-bond acceptors (Lipinski definition) is 4. The lowest BCUT2D eigenvalue weighted by molar-refractivity contribution is 0.378. The fourth-order valence-electron chi connectivity index (χ4n) is 1.79. The summed E-state index contributed by atoms with van der Waals surface area (Å²) in [5.41, 5.74) is 0. The van der Waals surface area contributed by atoms with Crippen molar-refractivity contribution in [2.45, 2.75) is 30.6 Å². The van der Waals surface area contributed by atoms with E-state index in [1.54, 1.807) is 6.92 Å². The van der Waals surface area contributed by atoms with Gasteiger partial charge in [-0.3, -0.25) is 0 Å². The molecule has 0 unspecified atom stereocenters. The molecule has 0 spiro atoms. The topological polar surface area (TPSA) is 71.5 Å². The Hall–Kier alpha value is -0.700. The molecule has 0 N–H and O–H groups in total. The molecule has 0 saturated heterocycles. The van der Waals surface area contributed by atoms with Crippen molar-refractivity contribution in [3.05, 3.63) is 24.0 Å². The molecule has 0 radical (unpaired) electrons. The van der Waals surface area contributed by atoms with E-state index in [1.165, 1.54) is 0 Å². The standard InChI is InChI=1S/C12H17ClFNO4S2/c1-4-15(8-9(2)3)21(18,19)12-6-5-10(7-11(12)14)20(13,16)17/h5-7,9H,4,8H2,1-3H3. The second-order valence-corrected chi connectivity index (χ2v) is 9.35. The first-order valence-corrected chi connectivity index (χ1v) is 9.99. The van der Waals surface area contributed by atoms with Gasteiger partial charge < -0.3 is 0 Å². The molecule has 1 aromatic carbocycles. The fourth-order valence-corrected chi connectivity index (χ4v) is 4.21. The molecule has 0 saturated carbocycles. The molecule has 120 valence electrons. The molecule has 0 aliphatic carbocycles. The highest BCUT2D eigenvalue weighted by molar-refractivity contribution is 8.13. The lowest BCUT2D eigenvalue weighted by Gasteiger charge is -2.22. The fraction of sp³-hybridized carbons (Fsp3) is 0.500. The molecule has 0 aliphatic heterocycles. The summed E-state index contributed by atoms with van der Waals surface area (Å²) in [5, 5.41) is 0. The van der Waals surface area contributed by atoms with E-state index in [9.17, 15) is 21.2 Å². The van der Waals surface area contributed by atoms with Gasteiger partial charge in [0.1, 0.15) is 10.7 Å². The molecule has 9 heteroatoms. The average Bonchev–Trinajstić information content (AvgIpc) is 2.33. The van der Waals surface area contributed by atoms with Crippen molar-refractivity contribution in [3.63, 3.8) is 0 Å². The quantitative estimate of drug-likeness (QED) is 0.733. The van der Waals surface area contributed by atoms with Crippen molar-refractivity contribution in [3.8, 4) is 0 Å². The van der Waals surface area contributed by atoms with E-state index < -0.39 is 34.7 Å². The van der Waals surface area contributed by atoms with Gasteiger partial charge in [0.05, 0.1) is 4.90 Å². The second-order valence-electron chi connectivity index (χ2n) is 4.88. The van der Waals surface area contributed by atoms with E-state index in [4.69, 9.17) is 10.7 Å². The normalized spacial score (nSPS) is 13.1. The summed E-state index contributed by atoms with van der Waals surface area (Å²) in [5.74, 6) is -1.07. The van der Waals surface area contributed by atoms with Gasteiger partial charge >= 0.3 is 0 Å². The zero-order chi connectivity index (χ0) is 16.4. The lowest BCUT2D eigenvalue weighted by Crippen LogP contribution is -2.34. The van der Waals surface area contributed by atoms with Crippen LogP contribution in [0.5, 0.6) is 0 Å².